The molecule has 2 rings (SSSR count). The van der Waals surface area contributed by atoms with Crippen molar-refractivity contribution in [1.29, 1.82) is 0 Å². The fraction of sp³-hybridized carbons (Fsp3) is 0.538. The SMILES string of the molecule is CC(O)(c1ccc(F)cc1)C1CCCCN1. The monoisotopic (exact) mass is 223 g/mol. The van der Waals surface area contributed by atoms with Crippen molar-refractivity contribution in [2.75, 3.05) is 6.54 Å². The molecule has 2 nitrogen and oxygen atoms in total. The maximum atomic E-state index is 12.8. The van der Waals surface area contributed by atoms with Crippen LogP contribution in [0.2, 0.25) is 0 Å². The summed E-state index contributed by atoms with van der Waals surface area (Å²) in [5.74, 6) is -0.267. The molecule has 1 aliphatic rings. The number of piperidine rings is 1. The molecule has 1 fully saturated rings. The first-order chi connectivity index (χ1) is 7.60. The summed E-state index contributed by atoms with van der Waals surface area (Å²) >= 11 is 0. The van der Waals surface area contributed by atoms with E-state index in [0.29, 0.717) is 0 Å². The van der Waals surface area contributed by atoms with Crippen LogP contribution in [0.15, 0.2) is 24.3 Å². The van der Waals surface area contributed by atoms with Crippen LogP contribution in [-0.4, -0.2) is 17.7 Å². The Morgan fingerprint density at radius 2 is 2.00 bits per heavy atom. The van der Waals surface area contributed by atoms with E-state index in [2.05, 4.69) is 5.32 Å². The maximum Gasteiger partial charge on any atom is 0.123 e. The summed E-state index contributed by atoms with van der Waals surface area (Å²) < 4.78 is 12.8. The van der Waals surface area contributed by atoms with Crippen molar-refractivity contribution >= 4 is 0 Å². The van der Waals surface area contributed by atoms with E-state index in [0.717, 1.165) is 31.4 Å². The van der Waals surface area contributed by atoms with Gasteiger partial charge in [0.2, 0.25) is 0 Å². The lowest BCUT2D eigenvalue weighted by Gasteiger charge is -2.36. The molecule has 0 bridgehead atoms. The van der Waals surface area contributed by atoms with E-state index in [1.807, 2.05) is 0 Å². The van der Waals surface area contributed by atoms with Crippen LogP contribution >= 0.6 is 0 Å². The molecule has 1 aromatic rings. The molecule has 1 aliphatic heterocycles. The molecule has 0 aromatic heterocycles. The quantitative estimate of drug-likeness (QED) is 0.805. The number of nitrogens with one attached hydrogen (secondary N) is 1. The van der Waals surface area contributed by atoms with Gasteiger partial charge in [-0.1, -0.05) is 18.6 Å². The summed E-state index contributed by atoms with van der Waals surface area (Å²) in [7, 11) is 0. The molecular weight excluding hydrogens is 205 g/mol. The third kappa shape index (κ3) is 2.25. The molecule has 16 heavy (non-hydrogen) atoms. The van der Waals surface area contributed by atoms with E-state index in [4.69, 9.17) is 0 Å². The molecule has 0 aliphatic carbocycles. The van der Waals surface area contributed by atoms with Crippen molar-refractivity contribution in [3.8, 4) is 0 Å². The van der Waals surface area contributed by atoms with Crippen LogP contribution in [-0.2, 0) is 5.60 Å². The zero-order valence-electron chi connectivity index (χ0n) is 9.54. The molecule has 88 valence electrons. The van der Waals surface area contributed by atoms with Crippen molar-refractivity contribution in [2.45, 2.75) is 37.8 Å². The van der Waals surface area contributed by atoms with Crippen LogP contribution in [0.3, 0.4) is 0 Å². The van der Waals surface area contributed by atoms with Crippen molar-refractivity contribution in [3.05, 3.63) is 35.6 Å². The minimum Gasteiger partial charge on any atom is -0.384 e. The summed E-state index contributed by atoms with van der Waals surface area (Å²) in [6.45, 7) is 2.74. The lowest BCUT2D eigenvalue weighted by molar-refractivity contribution is 0.00563. The molecule has 0 spiro atoms. The van der Waals surface area contributed by atoms with E-state index >= 15 is 0 Å². The summed E-state index contributed by atoms with van der Waals surface area (Å²) in [4.78, 5) is 0. The number of aliphatic hydroxyl groups is 1. The fourth-order valence-electron chi connectivity index (χ4n) is 2.32. The fourth-order valence-corrected chi connectivity index (χ4v) is 2.32. The molecule has 0 radical (unpaired) electrons. The van der Waals surface area contributed by atoms with E-state index in [9.17, 15) is 9.50 Å². The molecule has 3 heteroatoms. The molecule has 1 aromatic carbocycles. The predicted octanol–water partition coefficient (Wildman–Crippen LogP) is 2.18. The minimum absolute atomic E-state index is 0.0618. The highest BCUT2D eigenvalue weighted by atomic mass is 19.1. The lowest BCUT2D eigenvalue weighted by atomic mass is 9.84. The average Bonchev–Trinajstić information content (AvgIpc) is 2.31. The van der Waals surface area contributed by atoms with Gasteiger partial charge in [-0.25, -0.2) is 4.39 Å². The van der Waals surface area contributed by atoms with Crippen LogP contribution < -0.4 is 5.32 Å². The molecule has 0 saturated carbocycles. The molecule has 0 amide bonds. The van der Waals surface area contributed by atoms with Gasteiger partial charge in [0.15, 0.2) is 0 Å². The van der Waals surface area contributed by atoms with Crippen LogP contribution in [0.1, 0.15) is 31.7 Å². The average molecular weight is 223 g/mol. The topological polar surface area (TPSA) is 32.3 Å². The Balaban J connectivity index is 2.19. The van der Waals surface area contributed by atoms with Gasteiger partial charge in [-0.3, -0.25) is 0 Å². The Kier molecular flexibility index (Phi) is 3.26. The van der Waals surface area contributed by atoms with Gasteiger partial charge in [0.05, 0.1) is 0 Å². The van der Waals surface area contributed by atoms with Crippen molar-refractivity contribution in [1.82, 2.24) is 5.32 Å². The van der Waals surface area contributed by atoms with E-state index < -0.39 is 5.60 Å². The van der Waals surface area contributed by atoms with Crippen molar-refractivity contribution in [3.63, 3.8) is 0 Å². The third-order valence-electron chi connectivity index (χ3n) is 3.42. The minimum atomic E-state index is -0.922. The second-order valence-corrected chi connectivity index (χ2v) is 4.66. The molecular formula is C13H18FNO. The summed E-state index contributed by atoms with van der Waals surface area (Å²) in [5.41, 5.74) is -0.151. The second kappa shape index (κ2) is 4.52. The summed E-state index contributed by atoms with van der Waals surface area (Å²) in [6, 6.07) is 6.17. The standard InChI is InChI=1S/C13H18FNO/c1-13(16,12-4-2-3-9-15-12)10-5-7-11(14)8-6-10/h5-8,12,15-16H,2-4,9H2,1H3. The zero-order valence-corrected chi connectivity index (χ0v) is 9.54. The van der Waals surface area contributed by atoms with Gasteiger partial charge in [0, 0.05) is 6.04 Å². The smallest absolute Gasteiger partial charge is 0.123 e. The van der Waals surface area contributed by atoms with Crippen molar-refractivity contribution < 1.29 is 9.50 Å². The summed E-state index contributed by atoms with van der Waals surface area (Å²) in [6.07, 6.45) is 3.26. The van der Waals surface area contributed by atoms with E-state index in [-0.39, 0.29) is 11.9 Å². The predicted molar refractivity (Wildman–Crippen MR) is 61.6 cm³/mol. The molecule has 2 atom stereocenters. The first kappa shape index (κ1) is 11.6. The van der Waals surface area contributed by atoms with Gasteiger partial charge in [-0.05, 0) is 44.0 Å². The first-order valence-corrected chi connectivity index (χ1v) is 5.82. The largest absolute Gasteiger partial charge is 0.384 e. The van der Waals surface area contributed by atoms with Gasteiger partial charge < -0.3 is 10.4 Å². The Hall–Kier alpha value is -0.930. The maximum absolute atomic E-state index is 12.8. The Labute approximate surface area is 95.5 Å². The van der Waals surface area contributed by atoms with E-state index in [1.165, 1.54) is 12.1 Å². The second-order valence-electron chi connectivity index (χ2n) is 4.66. The Morgan fingerprint density at radius 3 is 2.56 bits per heavy atom. The highest BCUT2D eigenvalue weighted by Gasteiger charge is 2.34. The van der Waals surface area contributed by atoms with Crippen LogP contribution in [0.5, 0.6) is 0 Å². The first-order valence-electron chi connectivity index (χ1n) is 5.82. The van der Waals surface area contributed by atoms with Gasteiger partial charge in [0.1, 0.15) is 11.4 Å². The highest BCUT2D eigenvalue weighted by molar-refractivity contribution is 5.24. The van der Waals surface area contributed by atoms with Crippen LogP contribution in [0, 0.1) is 5.82 Å². The molecule has 1 saturated heterocycles. The number of halogens is 1. The van der Waals surface area contributed by atoms with Gasteiger partial charge in [-0.2, -0.15) is 0 Å². The van der Waals surface area contributed by atoms with Crippen LogP contribution in [0.4, 0.5) is 4.39 Å². The number of benzene rings is 1. The normalized spacial score (nSPS) is 25.1. The van der Waals surface area contributed by atoms with E-state index in [1.54, 1.807) is 19.1 Å². The molecule has 1 heterocycles. The Morgan fingerprint density at radius 1 is 1.31 bits per heavy atom. The van der Waals surface area contributed by atoms with Crippen molar-refractivity contribution in [2.24, 2.45) is 0 Å². The number of hydrogen-bond donors (Lipinski definition) is 2. The Bertz CT molecular complexity index is 341. The molecule has 2 unspecified atom stereocenters. The zero-order chi connectivity index (χ0) is 11.6. The number of rotatable bonds is 2. The number of hydrogen-bond acceptors (Lipinski definition) is 2. The molecule has 2 N–H and O–H groups in total. The lowest BCUT2D eigenvalue weighted by Crippen LogP contribution is -2.49. The third-order valence-corrected chi connectivity index (χ3v) is 3.42. The summed E-state index contributed by atoms with van der Waals surface area (Å²) in [5, 5.41) is 13.8. The van der Waals surface area contributed by atoms with Gasteiger partial charge in [0.25, 0.3) is 0 Å². The van der Waals surface area contributed by atoms with Gasteiger partial charge >= 0.3 is 0 Å². The van der Waals surface area contributed by atoms with Gasteiger partial charge in [-0.15, -0.1) is 0 Å². The highest BCUT2D eigenvalue weighted by Crippen LogP contribution is 2.29. The van der Waals surface area contributed by atoms with Crippen LogP contribution in [0.25, 0.3) is 0 Å².